The van der Waals surface area contributed by atoms with Gasteiger partial charge in [-0.1, -0.05) is 0 Å². The van der Waals surface area contributed by atoms with Gasteiger partial charge in [0.2, 0.25) is 0 Å². The first-order chi connectivity index (χ1) is 7.11. The van der Waals surface area contributed by atoms with E-state index in [4.69, 9.17) is 10.5 Å². The van der Waals surface area contributed by atoms with Crippen LogP contribution in [0.3, 0.4) is 0 Å². The molecule has 0 saturated carbocycles. The highest BCUT2D eigenvalue weighted by Gasteiger charge is 2.22. The monoisotopic (exact) mass is 203 g/mol. The van der Waals surface area contributed by atoms with Crippen molar-refractivity contribution in [3.05, 3.63) is 33.4 Å². The molecule has 6 heteroatoms. The van der Waals surface area contributed by atoms with Crippen LogP contribution in [0, 0.1) is 32.8 Å². The third-order valence-electron chi connectivity index (χ3n) is 1.80. The molecule has 0 fully saturated rings. The number of benzene rings is 1. The largest absolute Gasteiger partial charge is 0.506 e. The summed E-state index contributed by atoms with van der Waals surface area (Å²) in [6.45, 7) is 0. The van der Waals surface area contributed by atoms with Gasteiger partial charge in [-0.2, -0.15) is 10.5 Å². The van der Waals surface area contributed by atoms with Gasteiger partial charge < -0.3 is 5.11 Å². The van der Waals surface area contributed by atoms with Crippen molar-refractivity contribution in [2.24, 2.45) is 0 Å². The summed E-state index contributed by atoms with van der Waals surface area (Å²) in [6.07, 6.45) is -0.175. The van der Waals surface area contributed by atoms with E-state index in [9.17, 15) is 15.2 Å². The number of hydrogen-bond acceptors (Lipinski definition) is 5. The summed E-state index contributed by atoms with van der Waals surface area (Å²) in [6, 6.07) is 5.72. The van der Waals surface area contributed by atoms with E-state index < -0.39 is 21.9 Å². The molecule has 1 aromatic rings. The van der Waals surface area contributed by atoms with Gasteiger partial charge in [0.1, 0.15) is 11.8 Å². The Kier molecular flexibility index (Phi) is 2.85. The molecule has 0 aliphatic carbocycles. The molecule has 0 saturated heterocycles. The molecule has 0 heterocycles. The van der Waals surface area contributed by atoms with Gasteiger partial charge in [-0.15, -0.1) is 0 Å². The fourth-order valence-corrected chi connectivity index (χ4v) is 1.17. The number of aromatic hydroxyl groups is 1. The quantitative estimate of drug-likeness (QED) is 0.574. The van der Waals surface area contributed by atoms with Crippen LogP contribution in [0.5, 0.6) is 5.75 Å². The highest BCUT2D eigenvalue weighted by atomic mass is 16.6. The van der Waals surface area contributed by atoms with Crippen LogP contribution in [-0.2, 0) is 6.42 Å². The van der Waals surface area contributed by atoms with Crippen molar-refractivity contribution in [1.29, 1.82) is 10.5 Å². The molecule has 0 aromatic heterocycles. The van der Waals surface area contributed by atoms with Crippen molar-refractivity contribution in [3.8, 4) is 17.9 Å². The highest BCUT2D eigenvalue weighted by Crippen LogP contribution is 2.30. The average Bonchev–Trinajstić information content (AvgIpc) is 2.20. The van der Waals surface area contributed by atoms with Crippen LogP contribution in [0.1, 0.15) is 11.1 Å². The smallest absolute Gasteiger partial charge is 0.295 e. The van der Waals surface area contributed by atoms with Crippen molar-refractivity contribution in [3.63, 3.8) is 0 Å². The van der Waals surface area contributed by atoms with Gasteiger partial charge in [0.25, 0.3) is 5.69 Å². The fraction of sp³-hybridized carbons (Fsp3) is 0.111. The molecule has 0 unspecified atom stereocenters. The maximum atomic E-state index is 10.7. The Balaban J connectivity index is 3.52. The van der Waals surface area contributed by atoms with Crippen LogP contribution < -0.4 is 0 Å². The minimum atomic E-state index is -0.773. The van der Waals surface area contributed by atoms with Crippen LogP contribution >= 0.6 is 0 Å². The molecule has 0 aliphatic heterocycles. The molecule has 0 amide bonds. The van der Waals surface area contributed by atoms with E-state index in [1.807, 2.05) is 0 Å². The molecular weight excluding hydrogens is 198 g/mol. The van der Waals surface area contributed by atoms with Gasteiger partial charge in [0.05, 0.1) is 17.4 Å². The number of hydrogen-bond donors (Lipinski definition) is 1. The first-order valence-electron chi connectivity index (χ1n) is 3.88. The van der Waals surface area contributed by atoms with E-state index in [2.05, 4.69) is 0 Å². The molecule has 1 rings (SSSR count). The van der Waals surface area contributed by atoms with Crippen LogP contribution in [-0.4, -0.2) is 10.0 Å². The van der Waals surface area contributed by atoms with E-state index in [0.717, 1.165) is 6.07 Å². The summed E-state index contributed by atoms with van der Waals surface area (Å²) in [5.74, 6) is -0.453. The number of nitrogens with zero attached hydrogens (tertiary/aromatic N) is 3. The molecule has 74 valence electrons. The van der Waals surface area contributed by atoms with Crippen molar-refractivity contribution < 1.29 is 10.0 Å². The molecule has 0 bridgehead atoms. The number of rotatable bonds is 2. The number of nitro benzene ring substituents is 1. The maximum absolute atomic E-state index is 10.7. The molecule has 6 nitrogen and oxygen atoms in total. The minimum Gasteiger partial charge on any atom is -0.506 e. The highest BCUT2D eigenvalue weighted by molar-refractivity contribution is 5.61. The molecule has 0 atom stereocenters. The molecule has 15 heavy (non-hydrogen) atoms. The van der Waals surface area contributed by atoms with Crippen LogP contribution in [0.2, 0.25) is 0 Å². The third-order valence-corrected chi connectivity index (χ3v) is 1.80. The number of phenolic OH excluding ortho intramolecular Hbond substituents is 1. The normalized spacial score (nSPS) is 8.93. The molecule has 1 N–H and O–H groups in total. The molecular formula is C9H5N3O3. The summed E-state index contributed by atoms with van der Waals surface area (Å²) >= 11 is 0. The van der Waals surface area contributed by atoms with Crippen LogP contribution in [0.4, 0.5) is 5.69 Å². The third kappa shape index (κ3) is 1.84. The topological polar surface area (TPSA) is 111 Å². The van der Waals surface area contributed by atoms with Gasteiger partial charge >= 0.3 is 0 Å². The van der Waals surface area contributed by atoms with Crippen molar-refractivity contribution >= 4 is 5.69 Å². The molecule has 0 spiro atoms. The van der Waals surface area contributed by atoms with E-state index in [0.29, 0.717) is 0 Å². The summed E-state index contributed by atoms with van der Waals surface area (Å²) in [5.41, 5.74) is -0.788. The van der Waals surface area contributed by atoms with Gasteiger partial charge in [-0.3, -0.25) is 10.1 Å². The molecule has 1 aromatic carbocycles. The Hall–Kier alpha value is -2.60. The van der Waals surface area contributed by atoms with Gasteiger partial charge in [-0.05, 0) is 12.1 Å². The fourth-order valence-electron chi connectivity index (χ4n) is 1.17. The standard InChI is InChI=1S/C9H5N3O3/c10-4-3-6-1-2-8(13)7(5-11)9(6)12(14)15/h1-2,13H,3H2. The van der Waals surface area contributed by atoms with Gasteiger partial charge in [0, 0.05) is 5.56 Å². The SMILES string of the molecule is N#CCc1ccc(O)c(C#N)c1[N+](=O)[O-]. The first kappa shape index (κ1) is 10.5. The molecule has 0 aliphatic rings. The number of nitro groups is 1. The maximum Gasteiger partial charge on any atom is 0.295 e. The van der Waals surface area contributed by atoms with E-state index in [1.165, 1.54) is 6.07 Å². The number of nitriles is 2. The van der Waals surface area contributed by atoms with Crippen LogP contribution in [0.15, 0.2) is 12.1 Å². The van der Waals surface area contributed by atoms with E-state index >= 15 is 0 Å². The van der Waals surface area contributed by atoms with Crippen molar-refractivity contribution in [1.82, 2.24) is 0 Å². The van der Waals surface area contributed by atoms with Crippen molar-refractivity contribution in [2.75, 3.05) is 0 Å². The summed E-state index contributed by atoms with van der Waals surface area (Å²) in [4.78, 5) is 9.89. The summed E-state index contributed by atoms with van der Waals surface area (Å²) in [5, 5.41) is 37.0. The predicted octanol–water partition coefficient (Wildman–Crippen LogP) is 1.24. The number of phenols is 1. The molecule has 0 radical (unpaired) electrons. The lowest BCUT2D eigenvalue weighted by atomic mass is 10.0. The Morgan fingerprint density at radius 2 is 2.13 bits per heavy atom. The zero-order valence-electron chi connectivity index (χ0n) is 7.47. The zero-order chi connectivity index (χ0) is 11.4. The second-order valence-electron chi connectivity index (χ2n) is 2.67. The Morgan fingerprint density at radius 3 is 2.60 bits per heavy atom. The predicted molar refractivity (Wildman–Crippen MR) is 48.8 cm³/mol. The second-order valence-corrected chi connectivity index (χ2v) is 2.67. The van der Waals surface area contributed by atoms with Crippen LogP contribution in [0.25, 0.3) is 0 Å². The minimum absolute atomic E-state index is 0.122. The van der Waals surface area contributed by atoms with Gasteiger partial charge in [-0.25, -0.2) is 0 Å². The summed E-state index contributed by atoms with van der Waals surface area (Å²) in [7, 11) is 0. The van der Waals surface area contributed by atoms with E-state index in [-0.39, 0.29) is 12.0 Å². The average molecular weight is 203 g/mol. The Morgan fingerprint density at radius 1 is 1.47 bits per heavy atom. The zero-order valence-corrected chi connectivity index (χ0v) is 7.47. The summed E-state index contributed by atoms with van der Waals surface area (Å²) < 4.78 is 0. The van der Waals surface area contributed by atoms with E-state index in [1.54, 1.807) is 12.1 Å². The lowest BCUT2D eigenvalue weighted by molar-refractivity contribution is -0.385. The lowest BCUT2D eigenvalue weighted by Crippen LogP contribution is -1.98. The second kappa shape index (κ2) is 4.07. The van der Waals surface area contributed by atoms with Crippen molar-refractivity contribution in [2.45, 2.75) is 6.42 Å². The first-order valence-corrected chi connectivity index (χ1v) is 3.88. The van der Waals surface area contributed by atoms with Gasteiger partial charge in [0.15, 0.2) is 5.56 Å². The Labute approximate surface area is 84.8 Å². The Bertz CT molecular complexity index is 497. The lowest BCUT2D eigenvalue weighted by Gasteiger charge is -2.01.